The number of carboxylic acid groups (broad SMARTS) is 1. The maximum Gasteiger partial charge on any atom is 0.336 e. The van der Waals surface area contributed by atoms with Crippen LogP contribution in [0.3, 0.4) is 0 Å². The molecule has 1 fully saturated rings. The Bertz CT molecular complexity index is 417. The molecule has 1 aliphatic carbocycles. The normalized spacial score (nSPS) is 23.2. The molecule has 1 aromatic carbocycles. The molecule has 0 aliphatic heterocycles. The average Bonchev–Trinajstić information content (AvgIpc) is 2.75. The fourth-order valence-corrected chi connectivity index (χ4v) is 2.80. The summed E-state index contributed by atoms with van der Waals surface area (Å²) in [6.07, 6.45) is 3.93. The van der Waals surface area contributed by atoms with E-state index in [0.29, 0.717) is 12.1 Å². The van der Waals surface area contributed by atoms with E-state index in [-0.39, 0.29) is 0 Å². The first-order valence-electron chi connectivity index (χ1n) is 6.68. The largest absolute Gasteiger partial charge is 0.478 e. The van der Waals surface area contributed by atoms with Crippen molar-refractivity contribution in [3.05, 3.63) is 35.4 Å². The van der Waals surface area contributed by atoms with Crippen LogP contribution in [0.5, 0.6) is 0 Å². The quantitative estimate of drug-likeness (QED) is 0.841. The number of benzene rings is 1. The molecule has 0 aromatic heterocycles. The second-order valence-electron chi connectivity index (χ2n) is 5.38. The Labute approximate surface area is 108 Å². The predicted octanol–water partition coefficient (Wildman–Crippen LogP) is 2.91. The molecule has 0 bridgehead atoms. The van der Waals surface area contributed by atoms with Crippen molar-refractivity contribution in [2.75, 3.05) is 6.54 Å². The van der Waals surface area contributed by atoms with Crippen LogP contribution in [0.1, 0.15) is 42.1 Å². The van der Waals surface area contributed by atoms with Gasteiger partial charge in [0, 0.05) is 6.54 Å². The number of hydrogen-bond donors (Lipinski definition) is 2. The summed E-state index contributed by atoms with van der Waals surface area (Å²) in [5.74, 6) is 0.766. The fourth-order valence-electron chi connectivity index (χ4n) is 2.80. The van der Waals surface area contributed by atoms with Gasteiger partial charge >= 0.3 is 5.97 Å². The molecule has 2 rings (SSSR count). The molecule has 3 nitrogen and oxygen atoms in total. The summed E-state index contributed by atoms with van der Waals surface area (Å²) in [5.41, 5.74) is 1.28. The van der Waals surface area contributed by atoms with Gasteiger partial charge in [-0.2, -0.15) is 0 Å². The van der Waals surface area contributed by atoms with E-state index in [1.54, 1.807) is 12.1 Å². The molecule has 0 amide bonds. The van der Waals surface area contributed by atoms with Gasteiger partial charge in [0.2, 0.25) is 0 Å². The second-order valence-corrected chi connectivity index (χ2v) is 5.38. The lowest BCUT2D eigenvalue weighted by Crippen LogP contribution is -2.22. The van der Waals surface area contributed by atoms with E-state index >= 15 is 0 Å². The van der Waals surface area contributed by atoms with E-state index in [4.69, 9.17) is 5.11 Å². The van der Waals surface area contributed by atoms with E-state index in [1.807, 2.05) is 12.1 Å². The molecule has 0 heterocycles. The van der Waals surface area contributed by atoms with Gasteiger partial charge in [-0.05, 0) is 42.9 Å². The fraction of sp³-hybridized carbons (Fsp3) is 0.533. The summed E-state index contributed by atoms with van der Waals surface area (Å²) >= 11 is 0. The zero-order valence-electron chi connectivity index (χ0n) is 10.9. The Morgan fingerprint density at radius 3 is 2.83 bits per heavy atom. The van der Waals surface area contributed by atoms with E-state index in [0.717, 1.165) is 23.9 Å². The van der Waals surface area contributed by atoms with Crippen LogP contribution < -0.4 is 5.32 Å². The number of rotatable bonds is 5. The molecule has 98 valence electrons. The van der Waals surface area contributed by atoms with Gasteiger partial charge < -0.3 is 10.4 Å². The van der Waals surface area contributed by atoms with Crippen LogP contribution in [0.25, 0.3) is 0 Å². The summed E-state index contributed by atoms with van der Waals surface area (Å²) in [6, 6.07) is 7.21. The van der Waals surface area contributed by atoms with Crippen molar-refractivity contribution in [2.45, 2.75) is 32.7 Å². The average molecular weight is 247 g/mol. The second kappa shape index (κ2) is 6.01. The van der Waals surface area contributed by atoms with Crippen LogP contribution in [0, 0.1) is 11.8 Å². The summed E-state index contributed by atoms with van der Waals surface area (Å²) in [5, 5.41) is 12.5. The summed E-state index contributed by atoms with van der Waals surface area (Å²) < 4.78 is 0. The van der Waals surface area contributed by atoms with Crippen LogP contribution in [-0.4, -0.2) is 17.6 Å². The van der Waals surface area contributed by atoms with Gasteiger partial charge in [0.15, 0.2) is 0 Å². The lowest BCUT2D eigenvalue weighted by Gasteiger charge is -2.12. The minimum absolute atomic E-state index is 0.407. The Hall–Kier alpha value is -1.35. The van der Waals surface area contributed by atoms with Crippen LogP contribution in [0.15, 0.2) is 24.3 Å². The van der Waals surface area contributed by atoms with Crippen molar-refractivity contribution in [3.8, 4) is 0 Å². The number of carboxylic acids is 1. The van der Waals surface area contributed by atoms with Crippen LogP contribution in [-0.2, 0) is 6.54 Å². The highest BCUT2D eigenvalue weighted by atomic mass is 16.4. The van der Waals surface area contributed by atoms with Crippen molar-refractivity contribution in [2.24, 2.45) is 11.8 Å². The minimum atomic E-state index is -0.845. The molecule has 18 heavy (non-hydrogen) atoms. The number of nitrogens with one attached hydrogen (secondary N) is 1. The lowest BCUT2D eigenvalue weighted by atomic mass is 10.1. The highest BCUT2D eigenvalue weighted by Gasteiger charge is 2.20. The molecule has 3 heteroatoms. The van der Waals surface area contributed by atoms with Gasteiger partial charge in [0.1, 0.15) is 0 Å². The molecule has 2 atom stereocenters. The van der Waals surface area contributed by atoms with Crippen molar-refractivity contribution in [1.82, 2.24) is 5.32 Å². The van der Waals surface area contributed by atoms with Crippen molar-refractivity contribution in [1.29, 1.82) is 0 Å². The first kappa shape index (κ1) is 13.1. The topological polar surface area (TPSA) is 49.3 Å². The van der Waals surface area contributed by atoms with E-state index in [1.165, 1.54) is 19.3 Å². The lowest BCUT2D eigenvalue weighted by molar-refractivity contribution is 0.0695. The standard InChI is InChI=1S/C15H21NO2/c1-11-6-7-12(8-11)9-16-10-13-4-2-3-5-14(13)15(17)18/h2-5,11-12,16H,6-10H2,1H3,(H,17,18). The first-order valence-corrected chi connectivity index (χ1v) is 6.68. The Morgan fingerprint density at radius 1 is 1.39 bits per heavy atom. The minimum Gasteiger partial charge on any atom is -0.478 e. The maximum atomic E-state index is 11.1. The SMILES string of the molecule is CC1CCC(CNCc2ccccc2C(=O)O)C1. The first-order chi connectivity index (χ1) is 8.66. The number of hydrogen-bond acceptors (Lipinski definition) is 2. The Morgan fingerprint density at radius 2 is 2.17 bits per heavy atom. The van der Waals surface area contributed by atoms with E-state index < -0.39 is 5.97 Å². The van der Waals surface area contributed by atoms with Crippen LogP contribution in [0.2, 0.25) is 0 Å². The third-order valence-corrected chi connectivity index (χ3v) is 3.80. The predicted molar refractivity (Wildman–Crippen MR) is 71.6 cm³/mol. The molecule has 1 aliphatic rings. The zero-order chi connectivity index (χ0) is 13.0. The smallest absolute Gasteiger partial charge is 0.336 e. The number of carbonyl (C=O) groups is 1. The highest BCUT2D eigenvalue weighted by Crippen LogP contribution is 2.29. The van der Waals surface area contributed by atoms with E-state index in [2.05, 4.69) is 12.2 Å². The molecule has 1 aromatic rings. The monoisotopic (exact) mass is 247 g/mol. The van der Waals surface area contributed by atoms with Crippen molar-refractivity contribution in [3.63, 3.8) is 0 Å². The molecular formula is C15H21NO2. The van der Waals surface area contributed by atoms with E-state index in [9.17, 15) is 4.79 Å². The molecule has 0 spiro atoms. The summed E-state index contributed by atoms with van der Waals surface area (Å²) in [6.45, 7) is 3.95. The molecular weight excluding hydrogens is 226 g/mol. The molecule has 2 N–H and O–H groups in total. The van der Waals surface area contributed by atoms with Crippen molar-refractivity contribution >= 4 is 5.97 Å². The van der Waals surface area contributed by atoms with Gasteiger partial charge in [-0.15, -0.1) is 0 Å². The number of aromatic carboxylic acids is 1. The summed E-state index contributed by atoms with van der Waals surface area (Å²) in [4.78, 5) is 11.1. The Kier molecular flexibility index (Phi) is 4.37. The molecule has 0 radical (unpaired) electrons. The zero-order valence-corrected chi connectivity index (χ0v) is 10.9. The Balaban J connectivity index is 1.85. The summed E-state index contributed by atoms with van der Waals surface area (Å²) in [7, 11) is 0. The van der Waals surface area contributed by atoms with Gasteiger partial charge in [-0.3, -0.25) is 0 Å². The van der Waals surface area contributed by atoms with Gasteiger partial charge in [0.05, 0.1) is 5.56 Å². The van der Waals surface area contributed by atoms with Gasteiger partial charge in [-0.1, -0.05) is 31.5 Å². The molecule has 2 unspecified atom stereocenters. The molecule has 0 saturated heterocycles. The third-order valence-electron chi connectivity index (χ3n) is 3.80. The van der Waals surface area contributed by atoms with Gasteiger partial charge in [-0.25, -0.2) is 4.79 Å². The van der Waals surface area contributed by atoms with Crippen LogP contribution >= 0.6 is 0 Å². The molecule has 1 saturated carbocycles. The highest BCUT2D eigenvalue weighted by molar-refractivity contribution is 5.89. The van der Waals surface area contributed by atoms with Crippen molar-refractivity contribution < 1.29 is 9.90 Å². The maximum absolute atomic E-state index is 11.1. The third kappa shape index (κ3) is 3.33. The van der Waals surface area contributed by atoms with Gasteiger partial charge in [0.25, 0.3) is 0 Å². The van der Waals surface area contributed by atoms with Crippen LogP contribution in [0.4, 0.5) is 0 Å².